The number of fused-ring (bicyclic) bond motifs is 1. The van der Waals surface area contributed by atoms with Gasteiger partial charge in [-0.2, -0.15) is 0 Å². The highest BCUT2D eigenvalue weighted by molar-refractivity contribution is 7.15. The van der Waals surface area contributed by atoms with E-state index in [4.69, 9.17) is 10.7 Å². The summed E-state index contributed by atoms with van der Waals surface area (Å²) >= 11 is 1.69. The van der Waals surface area contributed by atoms with Gasteiger partial charge in [0.05, 0.1) is 5.69 Å². The zero-order chi connectivity index (χ0) is 15.1. The monoisotopic (exact) mass is 307 g/mol. The minimum absolute atomic E-state index is 0.147. The van der Waals surface area contributed by atoms with Crippen LogP contribution in [-0.4, -0.2) is 53.6 Å². The SMILES string of the molecule is CC(N)Cc1c(N2CC(C)C(N(C)C)C2)nc2sccn12. The third-order valence-electron chi connectivity index (χ3n) is 4.39. The summed E-state index contributed by atoms with van der Waals surface area (Å²) in [4.78, 5) is 10.7. The number of aromatic nitrogens is 2. The normalized spacial score (nSPS) is 24.4. The van der Waals surface area contributed by atoms with Crippen LogP contribution in [0.2, 0.25) is 0 Å². The molecule has 1 saturated heterocycles. The van der Waals surface area contributed by atoms with E-state index >= 15 is 0 Å². The van der Waals surface area contributed by atoms with Gasteiger partial charge in [0.25, 0.3) is 0 Å². The van der Waals surface area contributed by atoms with Crippen LogP contribution in [-0.2, 0) is 6.42 Å². The molecule has 0 radical (unpaired) electrons. The lowest BCUT2D eigenvalue weighted by Crippen LogP contribution is -2.34. The van der Waals surface area contributed by atoms with Crippen LogP contribution in [0, 0.1) is 5.92 Å². The summed E-state index contributed by atoms with van der Waals surface area (Å²) in [7, 11) is 4.33. The number of hydrogen-bond donors (Lipinski definition) is 1. The molecule has 2 N–H and O–H groups in total. The Morgan fingerprint density at radius 2 is 2.24 bits per heavy atom. The number of rotatable bonds is 4. The van der Waals surface area contributed by atoms with E-state index in [1.165, 1.54) is 5.69 Å². The summed E-state index contributed by atoms with van der Waals surface area (Å²) in [6.45, 7) is 6.50. The molecule has 5 nitrogen and oxygen atoms in total. The predicted octanol–water partition coefficient (Wildman–Crippen LogP) is 1.67. The largest absolute Gasteiger partial charge is 0.353 e. The van der Waals surface area contributed by atoms with Gasteiger partial charge in [0.15, 0.2) is 10.8 Å². The minimum atomic E-state index is 0.147. The standard InChI is InChI=1S/C15H25N5S/c1-10-8-19(9-13(10)18(3)4)14-12(7-11(2)16)20-5-6-21-15(20)17-14/h5-6,10-11,13H,7-9,16H2,1-4H3. The number of hydrogen-bond acceptors (Lipinski definition) is 5. The van der Waals surface area contributed by atoms with E-state index in [0.717, 1.165) is 30.3 Å². The van der Waals surface area contributed by atoms with Crippen molar-refractivity contribution >= 4 is 22.1 Å². The molecule has 0 spiro atoms. The topological polar surface area (TPSA) is 49.8 Å². The van der Waals surface area contributed by atoms with Crippen LogP contribution in [0.25, 0.3) is 4.96 Å². The molecule has 0 aliphatic carbocycles. The van der Waals surface area contributed by atoms with E-state index in [1.54, 1.807) is 11.3 Å². The number of thiazole rings is 1. The zero-order valence-electron chi connectivity index (χ0n) is 13.3. The Morgan fingerprint density at radius 3 is 2.86 bits per heavy atom. The van der Waals surface area contributed by atoms with E-state index in [-0.39, 0.29) is 6.04 Å². The van der Waals surface area contributed by atoms with Gasteiger partial charge in [-0.05, 0) is 26.9 Å². The predicted molar refractivity (Wildman–Crippen MR) is 89.3 cm³/mol. The Kier molecular flexibility index (Phi) is 3.94. The molecule has 0 bridgehead atoms. The maximum Gasteiger partial charge on any atom is 0.195 e. The molecule has 116 valence electrons. The molecule has 2 aromatic rings. The molecule has 1 aliphatic rings. The lowest BCUT2D eigenvalue weighted by molar-refractivity contribution is 0.266. The molecule has 3 unspecified atom stereocenters. The number of imidazole rings is 1. The number of anilines is 1. The Bertz CT molecular complexity index is 615. The molecular weight excluding hydrogens is 282 g/mol. The molecular formula is C15H25N5S. The van der Waals surface area contributed by atoms with Crippen LogP contribution in [0.3, 0.4) is 0 Å². The Labute approximate surface area is 130 Å². The second-order valence-corrected chi connectivity index (χ2v) is 7.41. The van der Waals surface area contributed by atoms with Gasteiger partial charge in [-0.1, -0.05) is 6.92 Å². The van der Waals surface area contributed by atoms with Gasteiger partial charge in [-0.3, -0.25) is 4.40 Å². The van der Waals surface area contributed by atoms with Crippen molar-refractivity contribution in [2.24, 2.45) is 11.7 Å². The van der Waals surface area contributed by atoms with E-state index in [9.17, 15) is 0 Å². The van der Waals surface area contributed by atoms with Gasteiger partial charge in [0.2, 0.25) is 0 Å². The Hall–Kier alpha value is -1.11. The van der Waals surface area contributed by atoms with Gasteiger partial charge in [0.1, 0.15) is 0 Å². The average molecular weight is 307 g/mol. The first-order valence-electron chi connectivity index (χ1n) is 7.58. The summed E-state index contributed by atoms with van der Waals surface area (Å²) < 4.78 is 2.21. The molecule has 21 heavy (non-hydrogen) atoms. The summed E-state index contributed by atoms with van der Waals surface area (Å²) in [6, 6.07) is 0.737. The highest BCUT2D eigenvalue weighted by Crippen LogP contribution is 2.31. The summed E-state index contributed by atoms with van der Waals surface area (Å²) in [5.41, 5.74) is 7.31. The van der Waals surface area contributed by atoms with Crippen LogP contribution >= 0.6 is 11.3 Å². The quantitative estimate of drug-likeness (QED) is 0.933. The first-order valence-corrected chi connectivity index (χ1v) is 8.46. The van der Waals surface area contributed by atoms with Gasteiger partial charge >= 0.3 is 0 Å². The minimum Gasteiger partial charge on any atom is -0.353 e. The van der Waals surface area contributed by atoms with Gasteiger partial charge in [-0.25, -0.2) is 4.98 Å². The van der Waals surface area contributed by atoms with Gasteiger partial charge in [0, 0.05) is 43.2 Å². The molecule has 3 atom stereocenters. The van der Waals surface area contributed by atoms with Crippen LogP contribution in [0.15, 0.2) is 11.6 Å². The zero-order valence-corrected chi connectivity index (χ0v) is 14.1. The average Bonchev–Trinajstić information content (AvgIpc) is 3.04. The van der Waals surface area contributed by atoms with Crippen molar-refractivity contribution in [2.75, 3.05) is 32.1 Å². The maximum absolute atomic E-state index is 6.05. The van der Waals surface area contributed by atoms with E-state index < -0.39 is 0 Å². The second kappa shape index (κ2) is 5.59. The van der Waals surface area contributed by atoms with Crippen molar-refractivity contribution in [1.82, 2.24) is 14.3 Å². The first-order chi connectivity index (χ1) is 9.97. The lowest BCUT2D eigenvalue weighted by Gasteiger charge is -2.22. The van der Waals surface area contributed by atoms with Crippen molar-refractivity contribution in [2.45, 2.75) is 32.4 Å². The lowest BCUT2D eigenvalue weighted by atomic mass is 10.1. The Morgan fingerprint density at radius 1 is 1.48 bits per heavy atom. The molecule has 0 saturated carbocycles. The van der Waals surface area contributed by atoms with Crippen LogP contribution in [0.1, 0.15) is 19.5 Å². The summed E-state index contributed by atoms with van der Waals surface area (Å²) in [6.07, 6.45) is 2.97. The number of nitrogens with zero attached hydrogens (tertiary/aromatic N) is 4. The Balaban J connectivity index is 1.95. The van der Waals surface area contributed by atoms with E-state index in [1.807, 2.05) is 0 Å². The number of likely N-dealkylation sites (N-methyl/N-ethyl adjacent to an activating group) is 1. The molecule has 3 heterocycles. The smallest absolute Gasteiger partial charge is 0.195 e. The fourth-order valence-electron chi connectivity index (χ4n) is 3.36. The van der Waals surface area contributed by atoms with E-state index in [0.29, 0.717) is 12.0 Å². The molecule has 1 fully saturated rings. The fourth-order valence-corrected chi connectivity index (χ4v) is 4.09. The van der Waals surface area contributed by atoms with Crippen LogP contribution in [0.4, 0.5) is 5.82 Å². The highest BCUT2D eigenvalue weighted by Gasteiger charge is 2.33. The van der Waals surface area contributed by atoms with Gasteiger partial charge < -0.3 is 15.5 Å². The highest BCUT2D eigenvalue weighted by atomic mass is 32.1. The van der Waals surface area contributed by atoms with Crippen molar-refractivity contribution in [3.8, 4) is 0 Å². The fraction of sp³-hybridized carbons (Fsp3) is 0.667. The first kappa shape index (κ1) is 14.8. The van der Waals surface area contributed by atoms with Gasteiger partial charge in [-0.15, -0.1) is 11.3 Å². The molecule has 1 aliphatic heterocycles. The number of nitrogens with two attached hydrogens (primary N) is 1. The molecule has 2 aromatic heterocycles. The maximum atomic E-state index is 6.05. The second-order valence-electron chi connectivity index (χ2n) is 6.53. The van der Waals surface area contributed by atoms with Crippen molar-refractivity contribution in [3.63, 3.8) is 0 Å². The van der Waals surface area contributed by atoms with E-state index in [2.05, 4.69) is 53.7 Å². The van der Waals surface area contributed by atoms with Crippen molar-refractivity contribution < 1.29 is 0 Å². The molecule has 6 heteroatoms. The van der Waals surface area contributed by atoms with Crippen LogP contribution in [0.5, 0.6) is 0 Å². The van der Waals surface area contributed by atoms with Crippen LogP contribution < -0.4 is 10.6 Å². The third-order valence-corrected chi connectivity index (χ3v) is 5.15. The summed E-state index contributed by atoms with van der Waals surface area (Å²) in [5.74, 6) is 1.79. The summed E-state index contributed by atoms with van der Waals surface area (Å²) in [5, 5.41) is 2.09. The van der Waals surface area contributed by atoms with Crippen molar-refractivity contribution in [3.05, 3.63) is 17.3 Å². The third kappa shape index (κ3) is 2.67. The van der Waals surface area contributed by atoms with Crippen molar-refractivity contribution in [1.29, 1.82) is 0 Å². The molecule has 0 amide bonds. The molecule has 0 aromatic carbocycles. The molecule has 3 rings (SSSR count).